The Morgan fingerprint density at radius 1 is 1.09 bits per heavy atom. The Bertz CT molecular complexity index is 93.0. The molecule has 0 aromatic heterocycles. The molecule has 11 heavy (non-hydrogen) atoms. The van der Waals surface area contributed by atoms with Crippen molar-refractivity contribution in [2.24, 2.45) is 11.8 Å². The van der Waals surface area contributed by atoms with Crippen LogP contribution in [0.1, 0.15) is 45.4 Å². The molecule has 0 spiro atoms. The van der Waals surface area contributed by atoms with Crippen molar-refractivity contribution in [1.82, 2.24) is 0 Å². The molecule has 1 rings (SSSR count). The third kappa shape index (κ3) is 3.14. The lowest BCUT2D eigenvalue weighted by Crippen LogP contribution is -2.14. The van der Waals surface area contributed by atoms with Gasteiger partial charge < -0.3 is 0 Å². The Hall–Kier alpha value is 0.480. The summed E-state index contributed by atoms with van der Waals surface area (Å²) >= 11 is 3.52. The summed E-state index contributed by atoms with van der Waals surface area (Å²) in [5, 5.41) is 1.20. The van der Waals surface area contributed by atoms with Gasteiger partial charge in [0.1, 0.15) is 0 Å². The fraction of sp³-hybridized carbons (Fsp3) is 1.00. The van der Waals surface area contributed by atoms with Crippen LogP contribution < -0.4 is 0 Å². The van der Waals surface area contributed by atoms with E-state index in [-0.39, 0.29) is 0 Å². The molecule has 0 unspecified atom stereocenters. The summed E-state index contributed by atoms with van der Waals surface area (Å²) in [7, 11) is 0. The van der Waals surface area contributed by atoms with Crippen molar-refractivity contribution in [2.75, 3.05) is 5.33 Å². The summed E-state index contributed by atoms with van der Waals surface area (Å²) in [4.78, 5) is 0. The average molecular weight is 219 g/mol. The van der Waals surface area contributed by atoms with Crippen LogP contribution in [0, 0.1) is 11.8 Å². The van der Waals surface area contributed by atoms with Crippen LogP contribution in [-0.4, -0.2) is 5.33 Å². The fourth-order valence-corrected chi connectivity index (χ4v) is 2.73. The Balaban J connectivity index is 2.14. The highest BCUT2D eigenvalue weighted by Gasteiger charge is 2.18. The van der Waals surface area contributed by atoms with Gasteiger partial charge in [-0.2, -0.15) is 0 Å². The van der Waals surface area contributed by atoms with Crippen LogP contribution in [0.25, 0.3) is 0 Å². The molecule has 0 aromatic carbocycles. The van der Waals surface area contributed by atoms with E-state index in [9.17, 15) is 0 Å². The van der Waals surface area contributed by atoms with Gasteiger partial charge in [-0.3, -0.25) is 0 Å². The summed E-state index contributed by atoms with van der Waals surface area (Å²) in [5.41, 5.74) is 0. The average Bonchev–Trinajstić information content (AvgIpc) is 2.07. The molecular formula is C10H19Br. The third-order valence-electron chi connectivity index (χ3n) is 3.06. The smallest absolute Gasteiger partial charge is 0.00339 e. The number of rotatable bonds is 3. The lowest BCUT2D eigenvalue weighted by atomic mass is 9.80. The van der Waals surface area contributed by atoms with E-state index in [1.807, 2.05) is 0 Å². The molecule has 0 aliphatic heterocycles. The van der Waals surface area contributed by atoms with E-state index >= 15 is 0 Å². The third-order valence-corrected chi connectivity index (χ3v) is 3.52. The van der Waals surface area contributed by atoms with Crippen molar-refractivity contribution in [3.8, 4) is 0 Å². The molecule has 0 N–H and O–H groups in total. The van der Waals surface area contributed by atoms with Crippen molar-refractivity contribution >= 4 is 15.9 Å². The first-order valence-corrected chi connectivity index (χ1v) is 6.05. The lowest BCUT2D eigenvalue weighted by molar-refractivity contribution is 0.265. The summed E-state index contributed by atoms with van der Waals surface area (Å²) in [5.74, 6) is 2.10. The second kappa shape index (κ2) is 5.18. The van der Waals surface area contributed by atoms with Crippen LogP contribution >= 0.6 is 15.9 Å². The zero-order valence-corrected chi connectivity index (χ0v) is 9.07. The standard InChI is InChI=1S/C10H19Br/c1-2-9-3-5-10(6-4-9)7-8-11/h9-10H,2-8H2,1H3. The number of hydrogen-bond acceptors (Lipinski definition) is 0. The minimum Gasteiger partial charge on any atom is -0.0928 e. The maximum atomic E-state index is 3.52. The monoisotopic (exact) mass is 218 g/mol. The summed E-state index contributed by atoms with van der Waals surface area (Å²) in [6, 6.07) is 0. The molecule has 0 amide bonds. The second-order valence-corrected chi connectivity index (χ2v) is 4.57. The van der Waals surface area contributed by atoms with E-state index in [0.717, 1.165) is 11.8 Å². The number of halogens is 1. The molecule has 0 aromatic rings. The van der Waals surface area contributed by atoms with Crippen LogP contribution in [0.3, 0.4) is 0 Å². The summed E-state index contributed by atoms with van der Waals surface area (Å²) in [6.07, 6.45) is 8.77. The van der Waals surface area contributed by atoms with Gasteiger partial charge in [-0.05, 0) is 18.3 Å². The van der Waals surface area contributed by atoms with Crippen molar-refractivity contribution < 1.29 is 0 Å². The van der Waals surface area contributed by atoms with Gasteiger partial charge in [0.15, 0.2) is 0 Å². The maximum Gasteiger partial charge on any atom is 0.00339 e. The fourth-order valence-electron chi connectivity index (χ4n) is 2.08. The molecule has 66 valence electrons. The highest BCUT2D eigenvalue weighted by Crippen LogP contribution is 2.32. The first-order valence-electron chi connectivity index (χ1n) is 4.92. The highest BCUT2D eigenvalue weighted by molar-refractivity contribution is 9.09. The molecule has 0 saturated heterocycles. The summed E-state index contributed by atoms with van der Waals surface area (Å²) < 4.78 is 0. The SMILES string of the molecule is CCC1CCC(CCBr)CC1. The van der Waals surface area contributed by atoms with Crippen LogP contribution in [0.4, 0.5) is 0 Å². The normalized spacial score (nSPS) is 32.2. The van der Waals surface area contributed by atoms with Gasteiger partial charge in [-0.25, -0.2) is 0 Å². The molecule has 0 heterocycles. The molecule has 0 nitrogen and oxygen atoms in total. The van der Waals surface area contributed by atoms with Gasteiger partial charge in [-0.15, -0.1) is 0 Å². The van der Waals surface area contributed by atoms with Gasteiger partial charge in [0.25, 0.3) is 0 Å². The first kappa shape index (κ1) is 9.57. The summed E-state index contributed by atoms with van der Waals surface area (Å²) in [6.45, 7) is 2.33. The molecule has 1 saturated carbocycles. The van der Waals surface area contributed by atoms with Gasteiger partial charge in [0.2, 0.25) is 0 Å². The minimum atomic E-state index is 1.04. The topological polar surface area (TPSA) is 0 Å². The lowest BCUT2D eigenvalue weighted by Gasteiger charge is -2.27. The van der Waals surface area contributed by atoms with Crippen molar-refractivity contribution in [3.63, 3.8) is 0 Å². The van der Waals surface area contributed by atoms with E-state index in [0.29, 0.717) is 0 Å². The van der Waals surface area contributed by atoms with Gasteiger partial charge in [0, 0.05) is 5.33 Å². The molecule has 0 radical (unpaired) electrons. The number of hydrogen-bond donors (Lipinski definition) is 0. The molecule has 1 fully saturated rings. The Kier molecular flexibility index (Phi) is 4.51. The maximum absolute atomic E-state index is 3.52. The zero-order chi connectivity index (χ0) is 8.10. The van der Waals surface area contributed by atoms with E-state index < -0.39 is 0 Å². The van der Waals surface area contributed by atoms with Gasteiger partial charge >= 0.3 is 0 Å². The Labute approximate surface area is 78.9 Å². The van der Waals surface area contributed by atoms with Crippen molar-refractivity contribution in [1.29, 1.82) is 0 Å². The quantitative estimate of drug-likeness (QED) is 0.629. The number of alkyl halides is 1. The van der Waals surface area contributed by atoms with Crippen LogP contribution in [-0.2, 0) is 0 Å². The zero-order valence-electron chi connectivity index (χ0n) is 7.48. The molecule has 1 heteroatoms. The van der Waals surface area contributed by atoms with Crippen LogP contribution in [0.5, 0.6) is 0 Å². The van der Waals surface area contributed by atoms with Crippen LogP contribution in [0.15, 0.2) is 0 Å². The predicted molar refractivity (Wildman–Crippen MR) is 54.2 cm³/mol. The van der Waals surface area contributed by atoms with E-state index in [1.165, 1.54) is 43.9 Å². The van der Waals surface area contributed by atoms with E-state index in [1.54, 1.807) is 0 Å². The predicted octanol–water partition coefficient (Wildman–Crippen LogP) is 3.99. The molecule has 1 aliphatic carbocycles. The second-order valence-electron chi connectivity index (χ2n) is 3.77. The van der Waals surface area contributed by atoms with Gasteiger partial charge in [-0.1, -0.05) is 55.0 Å². The Morgan fingerprint density at radius 3 is 2.09 bits per heavy atom. The van der Waals surface area contributed by atoms with E-state index in [2.05, 4.69) is 22.9 Å². The first-order chi connectivity index (χ1) is 5.36. The van der Waals surface area contributed by atoms with Crippen LogP contribution in [0.2, 0.25) is 0 Å². The van der Waals surface area contributed by atoms with Crippen molar-refractivity contribution in [3.05, 3.63) is 0 Å². The largest absolute Gasteiger partial charge is 0.0928 e. The van der Waals surface area contributed by atoms with E-state index in [4.69, 9.17) is 0 Å². The molecule has 1 aliphatic rings. The Morgan fingerprint density at radius 2 is 1.64 bits per heavy atom. The molecule has 0 bridgehead atoms. The van der Waals surface area contributed by atoms with Crippen molar-refractivity contribution in [2.45, 2.75) is 45.4 Å². The highest BCUT2D eigenvalue weighted by atomic mass is 79.9. The molecule has 0 atom stereocenters. The van der Waals surface area contributed by atoms with Gasteiger partial charge in [0.05, 0.1) is 0 Å². The minimum absolute atomic E-state index is 1.04. The molecular weight excluding hydrogens is 200 g/mol.